The lowest BCUT2D eigenvalue weighted by Crippen LogP contribution is -2.33. The van der Waals surface area contributed by atoms with E-state index in [0.29, 0.717) is 37.0 Å². The summed E-state index contributed by atoms with van der Waals surface area (Å²) in [4.78, 5) is 4.12. The molecule has 3 nitrogen and oxygen atoms in total. The molecule has 0 heterocycles. The first-order valence-electron chi connectivity index (χ1n) is 5.96. The van der Waals surface area contributed by atoms with Gasteiger partial charge in [0.2, 0.25) is 0 Å². The van der Waals surface area contributed by atoms with E-state index in [1.165, 1.54) is 12.1 Å². The van der Waals surface area contributed by atoms with Crippen LogP contribution in [0.15, 0.2) is 23.2 Å². The fourth-order valence-electron chi connectivity index (χ4n) is 1.39. The number of nitrogens with one attached hydrogen (secondary N) is 1. The second-order valence-corrected chi connectivity index (χ2v) is 4.53. The molecule has 1 aromatic carbocycles. The molecule has 19 heavy (non-hydrogen) atoms. The van der Waals surface area contributed by atoms with Gasteiger partial charge in [0.25, 0.3) is 0 Å². The average Bonchev–Trinajstić information content (AvgIpc) is 2.29. The molecule has 0 amide bonds. The Bertz CT molecular complexity index is 422. The van der Waals surface area contributed by atoms with E-state index in [0.717, 1.165) is 6.07 Å². The SMILES string of the molecule is CC(C)CN=C(N)NCCc1ccc(F)cc1F.I. The number of hydrogen-bond acceptors (Lipinski definition) is 1. The molecule has 0 fully saturated rings. The second kappa shape index (κ2) is 9.06. The Hall–Kier alpha value is -0.920. The topological polar surface area (TPSA) is 50.4 Å². The highest BCUT2D eigenvalue weighted by Crippen LogP contribution is 2.09. The van der Waals surface area contributed by atoms with E-state index in [1.54, 1.807) is 0 Å². The van der Waals surface area contributed by atoms with E-state index in [9.17, 15) is 8.78 Å². The van der Waals surface area contributed by atoms with Crippen LogP contribution in [0, 0.1) is 17.6 Å². The molecule has 0 saturated carbocycles. The fraction of sp³-hybridized carbons (Fsp3) is 0.462. The number of halogens is 3. The predicted molar refractivity (Wildman–Crippen MR) is 84.8 cm³/mol. The van der Waals surface area contributed by atoms with Crippen molar-refractivity contribution < 1.29 is 8.78 Å². The molecule has 1 rings (SSSR count). The van der Waals surface area contributed by atoms with Gasteiger partial charge in [-0.15, -0.1) is 24.0 Å². The molecule has 0 spiro atoms. The Labute approximate surface area is 129 Å². The van der Waals surface area contributed by atoms with Gasteiger partial charge in [-0.25, -0.2) is 8.78 Å². The Kier molecular flexibility index (Phi) is 8.62. The van der Waals surface area contributed by atoms with Crippen LogP contribution in [0.3, 0.4) is 0 Å². The van der Waals surface area contributed by atoms with Gasteiger partial charge in [0.1, 0.15) is 11.6 Å². The molecule has 0 aliphatic rings. The number of guanidine groups is 1. The number of benzene rings is 1. The third-order valence-electron chi connectivity index (χ3n) is 2.34. The van der Waals surface area contributed by atoms with Crippen LogP contribution in [-0.2, 0) is 6.42 Å². The molecule has 6 heteroatoms. The van der Waals surface area contributed by atoms with Crippen molar-refractivity contribution in [3.63, 3.8) is 0 Å². The number of rotatable bonds is 5. The van der Waals surface area contributed by atoms with E-state index >= 15 is 0 Å². The third-order valence-corrected chi connectivity index (χ3v) is 2.34. The van der Waals surface area contributed by atoms with Crippen LogP contribution < -0.4 is 11.1 Å². The van der Waals surface area contributed by atoms with Gasteiger partial charge in [-0.05, 0) is 24.0 Å². The van der Waals surface area contributed by atoms with E-state index in [1.807, 2.05) is 13.8 Å². The monoisotopic (exact) mass is 383 g/mol. The van der Waals surface area contributed by atoms with Gasteiger partial charge in [-0.1, -0.05) is 19.9 Å². The molecule has 108 valence electrons. The first kappa shape index (κ1) is 18.1. The summed E-state index contributed by atoms with van der Waals surface area (Å²) in [6, 6.07) is 3.56. The predicted octanol–water partition coefficient (Wildman–Crippen LogP) is 2.69. The highest BCUT2D eigenvalue weighted by atomic mass is 127. The van der Waals surface area contributed by atoms with Crippen LogP contribution >= 0.6 is 24.0 Å². The lowest BCUT2D eigenvalue weighted by atomic mass is 10.1. The van der Waals surface area contributed by atoms with E-state index < -0.39 is 11.6 Å². The fourth-order valence-corrected chi connectivity index (χ4v) is 1.39. The first-order valence-corrected chi connectivity index (χ1v) is 5.96. The molecule has 0 saturated heterocycles. The summed E-state index contributed by atoms with van der Waals surface area (Å²) in [5, 5.41) is 2.90. The quantitative estimate of drug-likeness (QED) is 0.467. The minimum atomic E-state index is -0.567. The summed E-state index contributed by atoms with van der Waals surface area (Å²) in [6.45, 7) is 5.22. The van der Waals surface area contributed by atoms with Crippen molar-refractivity contribution in [1.29, 1.82) is 0 Å². The summed E-state index contributed by atoms with van der Waals surface area (Å²) in [5.41, 5.74) is 6.09. The van der Waals surface area contributed by atoms with E-state index in [-0.39, 0.29) is 24.0 Å². The van der Waals surface area contributed by atoms with Gasteiger partial charge in [-0.2, -0.15) is 0 Å². The van der Waals surface area contributed by atoms with Crippen molar-refractivity contribution in [3.8, 4) is 0 Å². The lowest BCUT2D eigenvalue weighted by molar-refractivity contribution is 0.570. The average molecular weight is 383 g/mol. The Morgan fingerprint density at radius 3 is 2.63 bits per heavy atom. The molecule has 0 aliphatic carbocycles. The second-order valence-electron chi connectivity index (χ2n) is 4.53. The van der Waals surface area contributed by atoms with Crippen LogP contribution in [0.1, 0.15) is 19.4 Å². The van der Waals surface area contributed by atoms with E-state index in [4.69, 9.17) is 5.73 Å². The maximum absolute atomic E-state index is 13.3. The van der Waals surface area contributed by atoms with Gasteiger partial charge < -0.3 is 11.1 Å². The summed E-state index contributed by atoms with van der Waals surface area (Å²) in [7, 11) is 0. The minimum Gasteiger partial charge on any atom is -0.370 e. The highest BCUT2D eigenvalue weighted by molar-refractivity contribution is 14.0. The lowest BCUT2D eigenvalue weighted by Gasteiger charge is -2.07. The largest absolute Gasteiger partial charge is 0.370 e. The number of nitrogens with zero attached hydrogens (tertiary/aromatic N) is 1. The van der Waals surface area contributed by atoms with Crippen molar-refractivity contribution in [2.24, 2.45) is 16.6 Å². The molecule has 0 radical (unpaired) electrons. The van der Waals surface area contributed by atoms with Crippen LogP contribution in [0.4, 0.5) is 8.78 Å². The molecular formula is C13H20F2IN3. The molecular weight excluding hydrogens is 363 g/mol. The van der Waals surface area contributed by atoms with Crippen molar-refractivity contribution >= 4 is 29.9 Å². The minimum absolute atomic E-state index is 0. The van der Waals surface area contributed by atoms with Gasteiger partial charge in [-0.3, -0.25) is 4.99 Å². The van der Waals surface area contributed by atoms with Gasteiger partial charge in [0.15, 0.2) is 5.96 Å². The Balaban J connectivity index is 0.00000324. The molecule has 1 aromatic rings. The molecule has 3 N–H and O–H groups in total. The summed E-state index contributed by atoms with van der Waals surface area (Å²) in [6.07, 6.45) is 0.435. The number of aliphatic imine (C=N–C) groups is 1. The third kappa shape index (κ3) is 7.29. The molecule has 0 unspecified atom stereocenters. The van der Waals surface area contributed by atoms with Crippen LogP contribution in [-0.4, -0.2) is 19.0 Å². The zero-order valence-corrected chi connectivity index (χ0v) is 13.4. The van der Waals surface area contributed by atoms with Crippen LogP contribution in [0.25, 0.3) is 0 Å². The van der Waals surface area contributed by atoms with Crippen LogP contribution in [0.5, 0.6) is 0 Å². The van der Waals surface area contributed by atoms with Gasteiger partial charge >= 0.3 is 0 Å². The van der Waals surface area contributed by atoms with Gasteiger partial charge in [0, 0.05) is 19.2 Å². The standard InChI is InChI=1S/C13H19F2N3.HI/c1-9(2)8-18-13(16)17-6-5-10-3-4-11(14)7-12(10)15;/h3-4,7,9H,5-6,8H2,1-2H3,(H3,16,17,18);1H. The van der Waals surface area contributed by atoms with Crippen molar-refractivity contribution in [1.82, 2.24) is 5.32 Å². The molecule has 0 atom stereocenters. The first-order chi connectivity index (χ1) is 8.49. The summed E-state index contributed by atoms with van der Waals surface area (Å²) >= 11 is 0. The van der Waals surface area contributed by atoms with E-state index in [2.05, 4.69) is 10.3 Å². The summed E-state index contributed by atoms with van der Waals surface area (Å²) < 4.78 is 26.0. The number of hydrogen-bond donors (Lipinski definition) is 2. The van der Waals surface area contributed by atoms with Gasteiger partial charge in [0.05, 0.1) is 0 Å². The Morgan fingerprint density at radius 2 is 2.05 bits per heavy atom. The molecule has 0 bridgehead atoms. The smallest absolute Gasteiger partial charge is 0.188 e. The molecule has 0 aliphatic heterocycles. The maximum Gasteiger partial charge on any atom is 0.188 e. The highest BCUT2D eigenvalue weighted by Gasteiger charge is 2.03. The zero-order chi connectivity index (χ0) is 13.5. The van der Waals surface area contributed by atoms with Crippen molar-refractivity contribution in [2.45, 2.75) is 20.3 Å². The van der Waals surface area contributed by atoms with Crippen molar-refractivity contribution in [2.75, 3.05) is 13.1 Å². The summed E-state index contributed by atoms with van der Waals surface area (Å²) in [5.74, 6) is -0.303. The Morgan fingerprint density at radius 1 is 1.37 bits per heavy atom. The zero-order valence-electron chi connectivity index (χ0n) is 11.1. The normalized spacial score (nSPS) is 11.3. The van der Waals surface area contributed by atoms with Crippen molar-refractivity contribution in [3.05, 3.63) is 35.4 Å². The maximum atomic E-state index is 13.3. The number of nitrogens with two attached hydrogens (primary N) is 1. The van der Waals surface area contributed by atoms with Crippen LogP contribution in [0.2, 0.25) is 0 Å². The molecule has 0 aromatic heterocycles.